The number of hydrogen-bond donors (Lipinski definition) is 2. The highest BCUT2D eigenvalue weighted by atomic mass is 16.5. The molecule has 1 rings (SSSR count). The predicted molar refractivity (Wildman–Crippen MR) is 68.9 cm³/mol. The van der Waals surface area contributed by atoms with E-state index in [0.717, 1.165) is 0 Å². The quantitative estimate of drug-likeness (QED) is 0.610. The molecule has 0 atom stereocenters. The van der Waals surface area contributed by atoms with Gasteiger partial charge in [0, 0.05) is 11.5 Å². The summed E-state index contributed by atoms with van der Waals surface area (Å²) in [5, 5.41) is 0. The van der Waals surface area contributed by atoms with Gasteiger partial charge in [0.2, 0.25) is 5.88 Å². The van der Waals surface area contributed by atoms with Crippen molar-refractivity contribution in [2.24, 2.45) is 5.84 Å². The third-order valence-electron chi connectivity index (χ3n) is 1.93. The van der Waals surface area contributed by atoms with Gasteiger partial charge in [-0.25, -0.2) is 10.8 Å². The van der Waals surface area contributed by atoms with E-state index in [0.29, 0.717) is 17.5 Å². The number of ether oxygens (including phenoxy) is 1. The van der Waals surface area contributed by atoms with Gasteiger partial charge >= 0.3 is 0 Å². The molecule has 0 bridgehead atoms. The Morgan fingerprint density at radius 2 is 1.71 bits per heavy atom. The highest BCUT2D eigenvalue weighted by Gasteiger charge is 2.21. The molecule has 0 amide bonds. The predicted octanol–water partition coefficient (Wildman–Crippen LogP) is 2.24. The van der Waals surface area contributed by atoms with Crippen molar-refractivity contribution >= 4 is 5.82 Å². The van der Waals surface area contributed by atoms with Gasteiger partial charge in [-0.15, -0.1) is 0 Å². The lowest BCUT2D eigenvalue weighted by Gasteiger charge is -2.23. The lowest BCUT2D eigenvalue weighted by molar-refractivity contribution is 0.123. The molecule has 1 aromatic rings. The fourth-order valence-corrected chi connectivity index (χ4v) is 1.20. The number of nitrogens with two attached hydrogens (primary N) is 1. The van der Waals surface area contributed by atoms with Gasteiger partial charge in [0.05, 0.1) is 0 Å². The third kappa shape index (κ3) is 4.19. The van der Waals surface area contributed by atoms with Crippen molar-refractivity contribution in [2.45, 2.75) is 52.6 Å². The van der Waals surface area contributed by atoms with Crippen molar-refractivity contribution < 1.29 is 4.74 Å². The van der Waals surface area contributed by atoms with Crippen LogP contribution in [0.25, 0.3) is 0 Å². The van der Waals surface area contributed by atoms with Crippen molar-refractivity contribution in [3.8, 4) is 5.88 Å². The maximum Gasteiger partial charge on any atom is 0.219 e. The molecule has 0 saturated carbocycles. The standard InChI is InChI=1S/C12H22N4O/c1-11(2,3)10-14-8(16-13)7-9(15-10)17-12(4,5)6/h7H,13H2,1-6H3,(H,14,15,16). The number of nitrogens with zero attached hydrogens (tertiary/aromatic N) is 2. The highest BCUT2D eigenvalue weighted by molar-refractivity contribution is 5.38. The van der Waals surface area contributed by atoms with E-state index >= 15 is 0 Å². The SMILES string of the molecule is CC(C)(C)Oc1cc(NN)nc(C(C)(C)C)n1. The van der Waals surface area contributed by atoms with E-state index in [1.54, 1.807) is 6.07 Å². The van der Waals surface area contributed by atoms with Crippen LogP contribution >= 0.6 is 0 Å². The second-order valence-corrected chi connectivity index (χ2v) is 6.02. The average molecular weight is 238 g/mol. The molecule has 0 aromatic carbocycles. The van der Waals surface area contributed by atoms with Crippen molar-refractivity contribution in [1.29, 1.82) is 0 Å². The average Bonchev–Trinajstić information content (AvgIpc) is 2.13. The van der Waals surface area contributed by atoms with Gasteiger partial charge in [0.25, 0.3) is 0 Å². The molecule has 0 fully saturated rings. The maximum atomic E-state index is 5.73. The Morgan fingerprint density at radius 3 is 2.12 bits per heavy atom. The molecule has 1 aromatic heterocycles. The molecular formula is C12H22N4O. The number of hydrogen-bond acceptors (Lipinski definition) is 5. The summed E-state index contributed by atoms with van der Waals surface area (Å²) >= 11 is 0. The van der Waals surface area contributed by atoms with Gasteiger partial charge in [-0.3, -0.25) is 0 Å². The largest absolute Gasteiger partial charge is 0.472 e. The Hall–Kier alpha value is -1.36. The van der Waals surface area contributed by atoms with Crippen LogP contribution in [0, 0.1) is 0 Å². The van der Waals surface area contributed by atoms with E-state index in [2.05, 4.69) is 15.4 Å². The fourth-order valence-electron chi connectivity index (χ4n) is 1.20. The summed E-state index contributed by atoms with van der Waals surface area (Å²) in [7, 11) is 0. The minimum atomic E-state index is -0.296. The number of rotatable bonds is 2. The van der Waals surface area contributed by atoms with E-state index in [4.69, 9.17) is 10.6 Å². The topological polar surface area (TPSA) is 73.1 Å². The van der Waals surface area contributed by atoms with E-state index in [-0.39, 0.29) is 11.0 Å². The van der Waals surface area contributed by atoms with Crippen molar-refractivity contribution in [1.82, 2.24) is 9.97 Å². The molecule has 0 saturated heterocycles. The van der Waals surface area contributed by atoms with Crippen LogP contribution < -0.4 is 16.0 Å². The lowest BCUT2D eigenvalue weighted by Crippen LogP contribution is -2.25. The Balaban J connectivity index is 3.15. The molecule has 1 heterocycles. The number of hydrazine groups is 1. The molecule has 17 heavy (non-hydrogen) atoms. The Morgan fingerprint density at radius 1 is 1.12 bits per heavy atom. The zero-order chi connectivity index (χ0) is 13.3. The highest BCUT2D eigenvalue weighted by Crippen LogP contribution is 2.24. The van der Waals surface area contributed by atoms with Crippen LogP contribution in [-0.4, -0.2) is 15.6 Å². The minimum absolute atomic E-state index is 0.150. The molecule has 0 aliphatic heterocycles. The van der Waals surface area contributed by atoms with Gasteiger partial charge in [0.15, 0.2) is 0 Å². The molecule has 5 nitrogen and oxygen atoms in total. The van der Waals surface area contributed by atoms with Crippen LogP contribution in [-0.2, 0) is 5.41 Å². The first-order valence-corrected chi connectivity index (χ1v) is 5.67. The molecule has 0 spiro atoms. The van der Waals surface area contributed by atoms with Gasteiger partial charge in [-0.1, -0.05) is 20.8 Å². The summed E-state index contributed by atoms with van der Waals surface area (Å²) in [5.41, 5.74) is 2.09. The summed E-state index contributed by atoms with van der Waals surface area (Å²) < 4.78 is 5.73. The smallest absolute Gasteiger partial charge is 0.219 e. The van der Waals surface area contributed by atoms with Crippen LogP contribution in [0.4, 0.5) is 5.82 Å². The van der Waals surface area contributed by atoms with Gasteiger partial charge < -0.3 is 10.2 Å². The summed E-state index contributed by atoms with van der Waals surface area (Å²) in [6, 6.07) is 1.69. The number of anilines is 1. The van der Waals surface area contributed by atoms with Crippen LogP contribution in [0.5, 0.6) is 5.88 Å². The molecule has 5 heteroatoms. The second kappa shape index (κ2) is 4.49. The third-order valence-corrected chi connectivity index (χ3v) is 1.93. The van der Waals surface area contributed by atoms with E-state index < -0.39 is 0 Å². The zero-order valence-corrected chi connectivity index (χ0v) is 11.5. The monoisotopic (exact) mass is 238 g/mol. The molecule has 0 aliphatic rings. The summed E-state index contributed by atoms with van der Waals surface area (Å²) in [6.45, 7) is 12.1. The summed E-state index contributed by atoms with van der Waals surface area (Å²) in [4.78, 5) is 8.74. The van der Waals surface area contributed by atoms with Crippen molar-refractivity contribution in [3.63, 3.8) is 0 Å². The zero-order valence-electron chi connectivity index (χ0n) is 11.5. The first-order valence-electron chi connectivity index (χ1n) is 5.67. The van der Waals surface area contributed by atoms with Crippen LogP contribution in [0.3, 0.4) is 0 Å². The van der Waals surface area contributed by atoms with Crippen LogP contribution in [0.2, 0.25) is 0 Å². The van der Waals surface area contributed by atoms with Crippen LogP contribution in [0.1, 0.15) is 47.4 Å². The number of nitrogen functional groups attached to an aromatic ring is 1. The molecule has 96 valence electrons. The Labute approximate surface area is 103 Å². The van der Waals surface area contributed by atoms with Gasteiger partial charge in [-0.2, -0.15) is 4.98 Å². The van der Waals surface area contributed by atoms with E-state index in [9.17, 15) is 0 Å². The first-order chi connectivity index (χ1) is 7.62. The van der Waals surface area contributed by atoms with Gasteiger partial charge in [0.1, 0.15) is 17.2 Å². The van der Waals surface area contributed by atoms with Gasteiger partial charge in [-0.05, 0) is 20.8 Å². The van der Waals surface area contributed by atoms with Crippen LogP contribution in [0.15, 0.2) is 6.07 Å². The van der Waals surface area contributed by atoms with Crippen molar-refractivity contribution in [2.75, 3.05) is 5.43 Å². The molecule has 0 radical (unpaired) electrons. The molecule has 0 aliphatic carbocycles. The van der Waals surface area contributed by atoms with Crippen molar-refractivity contribution in [3.05, 3.63) is 11.9 Å². The van der Waals surface area contributed by atoms with E-state index in [1.807, 2.05) is 41.5 Å². The maximum absolute atomic E-state index is 5.73. The second-order valence-electron chi connectivity index (χ2n) is 6.02. The molecule has 3 N–H and O–H groups in total. The first kappa shape index (κ1) is 13.7. The van der Waals surface area contributed by atoms with E-state index in [1.165, 1.54) is 0 Å². The number of nitrogens with one attached hydrogen (secondary N) is 1. The number of aromatic nitrogens is 2. The lowest BCUT2D eigenvalue weighted by atomic mass is 9.96. The molecular weight excluding hydrogens is 216 g/mol. The normalized spacial score (nSPS) is 12.4. The summed E-state index contributed by atoms with van der Waals surface area (Å²) in [5.74, 6) is 7.19. The Kier molecular flexibility index (Phi) is 3.62. The fraction of sp³-hybridized carbons (Fsp3) is 0.667. The minimum Gasteiger partial charge on any atom is -0.472 e. The molecule has 0 unspecified atom stereocenters. The Bertz CT molecular complexity index is 390. The summed E-state index contributed by atoms with van der Waals surface area (Å²) in [6.07, 6.45) is 0.